The van der Waals surface area contributed by atoms with Crippen LogP contribution in [0.2, 0.25) is 0 Å². The maximum absolute atomic E-state index is 11.8. The second kappa shape index (κ2) is 4.39. The van der Waals surface area contributed by atoms with E-state index in [1.807, 2.05) is 24.3 Å². The van der Waals surface area contributed by atoms with E-state index in [9.17, 15) is 15.0 Å². The van der Waals surface area contributed by atoms with Gasteiger partial charge in [-0.05, 0) is 50.7 Å². The topological polar surface area (TPSA) is 57.5 Å². The average Bonchev–Trinajstić information content (AvgIpc) is 2.27. The summed E-state index contributed by atoms with van der Waals surface area (Å²) >= 11 is 0. The third kappa shape index (κ3) is 2.27. The van der Waals surface area contributed by atoms with Crippen molar-refractivity contribution in [3.05, 3.63) is 35.4 Å². The number of aryl methyl sites for hydroxylation is 1. The van der Waals surface area contributed by atoms with Crippen LogP contribution in [0.3, 0.4) is 0 Å². The first-order valence-corrected chi connectivity index (χ1v) is 6.39. The van der Waals surface area contributed by atoms with Crippen LogP contribution in [0.15, 0.2) is 24.3 Å². The fourth-order valence-electron chi connectivity index (χ4n) is 3.14. The van der Waals surface area contributed by atoms with Gasteiger partial charge in [-0.1, -0.05) is 24.3 Å². The molecule has 1 aliphatic carbocycles. The van der Waals surface area contributed by atoms with Gasteiger partial charge in [0.05, 0.1) is 11.0 Å². The predicted molar refractivity (Wildman–Crippen MR) is 69.6 cm³/mol. The molecule has 0 spiro atoms. The van der Waals surface area contributed by atoms with Gasteiger partial charge in [-0.2, -0.15) is 0 Å². The normalized spacial score (nSPS) is 23.5. The minimum absolute atomic E-state index is 0.256. The van der Waals surface area contributed by atoms with E-state index in [2.05, 4.69) is 0 Å². The summed E-state index contributed by atoms with van der Waals surface area (Å²) in [5.74, 6) is -0.822. The molecule has 0 fully saturated rings. The van der Waals surface area contributed by atoms with E-state index < -0.39 is 17.0 Å². The van der Waals surface area contributed by atoms with Gasteiger partial charge in [0.15, 0.2) is 0 Å². The molecule has 2 rings (SSSR count). The van der Waals surface area contributed by atoms with Crippen molar-refractivity contribution in [2.75, 3.05) is 0 Å². The first-order chi connectivity index (χ1) is 8.35. The molecule has 0 aromatic heterocycles. The zero-order valence-electron chi connectivity index (χ0n) is 10.9. The van der Waals surface area contributed by atoms with Gasteiger partial charge >= 0.3 is 5.97 Å². The van der Waals surface area contributed by atoms with Crippen molar-refractivity contribution in [2.45, 2.75) is 50.5 Å². The van der Waals surface area contributed by atoms with Crippen molar-refractivity contribution in [3.8, 4) is 0 Å². The van der Waals surface area contributed by atoms with E-state index in [1.54, 1.807) is 13.8 Å². The SMILES string of the molecule is CC(C)(O)CC1(C(=O)O)CCCc2ccccc21. The highest BCUT2D eigenvalue weighted by Crippen LogP contribution is 2.43. The third-order valence-corrected chi connectivity index (χ3v) is 3.73. The number of carboxylic acid groups (broad SMARTS) is 1. The lowest BCUT2D eigenvalue weighted by molar-refractivity contribution is -0.147. The Morgan fingerprint density at radius 2 is 2.06 bits per heavy atom. The van der Waals surface area contributed by atoms with E-state index >= 15 is 0 Å². The second-order valence-electron chi connectivity index (χ2n) is 5.89. The quantitative estimate of drug-likeness (QED) is 0.864. The summed E-state index contributed by atoms with van der Waals surface area (Å²) in [5, 5.41) is 19.7. The minimum Gasteiger partial charge on any atom is -0.481 e. The fourth-order valence-corrected chi connectivity index (χ4v) is 3.14. The molecule has 0 amide bonds. The molecule has 3 nitrogen and oxygen atoms in total. The van der Waals surface area contributed by atoms with Crippen molar-refractivity contribution in [1.82, 2.24) is 0 Å². The van der Waals surface area contributed by atoms with Gasteiger partial charge in [-0.25, -0.2) is 0 Å². The molecule has 0 radical (unpaired) electrons. The van der Waals surface area contributed by atoms with Crippen LogP contribution in [-0.2, 0) is 16.6 Å². The molecule has 18 heavy (non-hydrogen) atoms. The summed E-state index contributed by atoms with van der Waals surface area (Å²) < 4.78 is 0. The van der Waals surface area contributed by atoms with Crippen LogP contribution >= 0.6 is 0 Å². The lowest BCUT2D eigenvalue weighted by Gasteiger charge is -2.39. The Kier molecular flexibility index (Phi) is 3.20. The average molecular weight is 248 g/mol. The largest absolute Gasteiger partial charge is 0.481 e. The Bertz CT molecular complexity index is 459. The molecule has 0 saturated heterocycles. The Morgan fingerprint density at radius 1 is 1.39 bits per heavy atom. The molecule has 1 atom stereocenters. The van der Waals surface area contributed by atoms with E-state index in [-0.39, 0.29) is 6.42 Å². The standard InChI is InChI=1S/C15H20O3/c1-14(2,18)10-15(13(16)17)9-5-7-11-6-3-4-8-12(11)15/h3-4,6,8,18H,5,7,9-10H2,1-2H3,(H,16,17). The van der Waals surface area contributed by atoms with Gasteiger partial charge in [0.1, 0.15) is 0 Å². The molecule has 3 heteroatoms. The summed E-state index contributed by atoms with van der Waals surface area (Å²) in [7, 11) is 0. The number of aliphatic carboxylic acids is 1. The van der Waals surface area contributed by atoms with Crippen LogP contribution in [-0.4, -0.2) is 21.8 Å². The monoisotopic (exact) mass is 248 g/mol. The molecule has 1 aromatic carbocycles. The Labute approximate surface area is 107 Å². The molecule has 0 heterocycles. The number of rotatable bonds is 3. The van der Waals surface area contributed by atoms with Gasteiger partial charge < -0.3 is 10.2 Å². The number of hydrogen-bond donors (Lipinski definition) is 2. The molecule has 1 aliphatic rings. The molecule has 1 aromatic rings. The summed E-state index contributed by atoms with van der Waals surface area (Å²) in [6.07, 6.45) is 2.64. The Hall–Kier alpha value is -1.35. The first kappa shape index (κ1) is 13.1. The summed E-state index contributed by atoms with van der Waals surface area (Å²) in [6.45, 7) is 3.35. The smallest absolute Gasteiger partial charge is 0.314 e. The van der Waals surface area contributed by atoms with Crippen LogP contribution < -0.4 is 0 Å². The Balaban J connectivity index is 2.53. The highest BCUT2D eigenvalue weighted by atomic mass is 16.4. The van der Waals surface area contributed by atoms with Crippen molar-refractivity contribution in [2.24, 2.45) is 0 Å². The molecule has 98 valence electrons. The minimum atomic E-state index is -0.983. The van der Waals surface area contributed by atoms with E-state index in [0.717, 1.165) is 24.0 Å². The molecular weight excluding hydrogens is 228 g/mol. The van der Waals surface area contributed by atoms with Crippen molar-refractivity contribution >= 4 is 5.97 Å². The van der Waals surface area contributed by atoms with Crippen molar-refractivity contribution in [1.29, 1.82) is 0 Å². The summed E-state index contributed by atoms with van der Waals surface area (Å²) in [6, 6.07) is 7.72. The lowest BCUT2D eigenvalue weighted by atomic mass is 9.65. The van der Waals surface area contributed by atoms with E-state index in [0.29, 0.717) is 6.42 Å². The number of hydrogen-bond acceptors (Lipinski definition) is 2. The molecule has 2 N–H and O–H groups in total. The highest BCUT2D eigenvalue weighted by Gasteiger charge is 2.46. The zero-order valence-corrected chi connectivity index (χ0v) is 10.9. The van der Waals surface area contributed by atoms with Gasteiger partial charge in [0, 0.05) is 0 Å². The second-order valence-corrected chi connectivity index (χ2v) is 5.89. The molecule has 0 bridgehead atoms. The molecule has 1 unspecified atom stereocenters. The predicted octanol–water partition coefficient (Wildman–Crippen LogP) is 2.51. The number of benzene rings is 1. The van der Waals surface area contributed by atoms with Gasteiger partial charge in [-0.15, -0.1) is 0 Å². The zero-order chi connectivity index (χ0) is 13.4. The molecule has 0 aliphatic heterocycles. The maximum atomic E-state index is 11.8. The van der Waals surface area contributed by atoms with Gasteiger partial charge in [0.2, 0.25) is 0 Å². The summed E-state index contributed by atoms with van der Waals surface area (Å²) in [5.41, 5.74) is 0.0666. The highest BCUT2D eigenvalue weighted by molar-refractivity contribution is 5.82. The van der Waals surface area contributed by atoms with Gasteiger partial charge in [0.25, 0.3) is 0 Å². The number of aliphatic hydroxyl groups is 1. The molecule has 0 saturated carbocycles. The van der Waals surface area contributed by atoms with Crippen LogP contribution in [0.1, 0.15) is 44.2 Å². The fraction of sp³-hybridized carbons (Fsp3) is 0.533. The van der Waals surface area contributed by atoms with Crippen LogP contribution in [0.25, 0.3) is 0 Å². The van der Waals surface area contributed by atoms with Crippen LogP contribution in [0.4, 0.5) is 0 Å². The number of carbonyl (C=O) groups is 1. The van der Waals surface area contributed by atoms with E-state index in [1.165, 1.54) is 0 Å². The maximum Gasteiger partial charge on any atom is 0.314 e. The lowest BCUT2D eigenvalue weighted by Crippen LogP contribution is -2.44. The molecular formula is C15H20O3. The number of carboxylic acids is 1. The Morgan fingerprint density at radius 3 is 2.67 bits per heavy atom. The van der Waals surface area contributed by atoms with E-state index in [4.69, 9.17) is 0 Å². The first-order valence-electron chi connectivity index (χ1n) is 6.39. The van der Waals surface area contributed by atoms with Crippen molar-refractivity contribution < 1.29 is 15.0 Å². The number of fused-ring (bicyclic) bond motifs is 1. The third-order valence-electron chi connectivity index (χ3n) is 3.73. The van der Waals surface area contributed by atoms with Crippen LogP contribution in [0.5, 0.6) is 0 Å². The van der Waals surface area contributed by atoms with Gasteiger partial charge in [-0.3, -0.25) is 4.79 Å². The van der Waals surface area contributed by atoms with Crippen LogP contribution in [0, 0.1) is 0 Å². The summed E-state index contributed by atoms with van der Waals surface area (Å²) in [4.78, 5) is 11.8. The van der Waals surface area contributed by atoms with Crippen molar-refractivity contribution in [3.63, 3.8) is 0 Å².